The molecule has 10 heteroatoms. The number of ether oxygens (including phenoxy) is 1. The number of nitrogens with zero attached hydrogens (tertiary/aromatic N) is 4. The van der Waals surface area contributed by atoms with Crippen LogP contribution in [0.4, 0.5) is 4.39 Å². The molecule has 172 valence electrons. The van der Waals surface area contributed by atoms with Crippen LogP contribution < -0.4 is 15.6 Å². The second-order valence-corrected chi connectivity index (χ2v) is 8.61. The summed E-state index contributed by atoms with van der Waals surface area (Å²) in [7, 11) is 1.58. The maximum absolute atomic E-state index is 14.7. The summed E-state index contributed by atoms with van der Waals surface area (Å²) in [4.78, 5) is 25.4. The Labute approximate surface area is 193 Å². The Hall–Kier alpha value is -3.40. The van der Waals surface area contributed by atoms with Crippen LogP contribution in [0.15, 0.2) is 52.4 Å². The molecular formula is C23H24FN5O3S. The second-order valence-electron chi connectivity index (χ2n) is 7.38. The number of rotatable bonds is 9. The monoisotopic (exact) mass is 469 g/mol. The zero-order valence-electron chi connectivity index (χ0n) is 18.4. The third-order valence-corrected chi connectivity index (χ3v) is 6.01. The summed E-state index contributed by atoms with van der Waals surface area (Å²) in [5.41, 5.74) is 0.701. The van der Waals surface area contributed by atoms with Crippen LogP contribution in [0.1, 0.15) is 18.9 Å². The van der Waals surface area contributed by atoms with Crippen molar-refractivity contribution in [1.82, 2.24) is 24.5 Å². The molecule has 2 aromatic heterocycles. The molecule has 1 N–H and O–H groups in total. The molecule has 4 aromatic rings. The molecule has 33 heavy (non-hydrogen) atoms. The number of hydrogen-bond acceptors (Lipinski definition) is 6. The zero-order chi connectivity index (χ0) is 23.4. The van der Waals surface area contributed by atoms with Crippen molar-refractivity contribution < 1.29 is 13.9 Å². The predicted octanol–water partition coefficient (Wildman–Crippen LogP) is 3.05. The normalized spacial score (nSPS) is 11.2. The molecule has 0 aliphatic heterocycles. The number of aromatic nitrogens is 4. The molecule has 2 aromatic carbocycles. The molecule has 0 atom stereocenters. The van der Waals surface area contributed by atoms with Crippen molar-refractivity contribution in [3.63, 3.8) is 0 Å². The van der Waals surface area contributed by atoms with E-state index in [1.165, 1.54) is 28.5 Å². The summed E-state index contributed by atoms with van der Waals surface area (Å²) in [6.07, 6.45) is 0.738. The zero-order valence-corrected chi connectivity index (χ0v) is 19.2. The summed E-state index contributed by atoms with van der Waals surface area (Å²) in [6, 6.07) is 11.8. The highest BCUT2D eigenvalue weighted by molar-refractivity contribution is 7.99. The van der Waals surface area contributed by atoms with E-state index in [1.807, 2.05) is 31.2 Å². The molecule has 8 nitrogen and oxygen atoms in total. The smallest absolute Gasteiger partial charge is 0.262 e. The summed E-state index contributed by atoms with van der Waals surface area (Å²) >= 11 is 1.43. The van der Waals surface area contributed by atoms with Gasteiger partial charge in [-0.15, -0.1) is 10.2 Å². The first-order chi connectivity index (χ1) is 16.0. The number of amides is 1. The van der Waals surface area contributed by atoms with Crippen LogP contribution in [0.3, 0.4) is 0 Å². The van der Waals surface area contributed by atoms with Crippen LogP contribution in [0, 0.1) is 5.82 Å². The largest absolute Gasteiger partial charge is 0.497 e. The summed E-state index contributed by atoms with van der Waals surface area (Å²) in [5, 5.41) is 12.0. The first-order valence-electron chi connectivity index (χ1n) is 10.6. The first-order valence-corrected chi connectivity index (χ1v) is 11.6. The van der Waals surface area contributed by atoms with Gasteiger partial charge in [-0.3, -0.25) is 18.6 Å². The van der Waals surface area contributed by atoms with E-state index in [2.05, 4.69) is 15.5 Å². The number of halogens is 1. The van der Waals surface area contributed by atoms with E-state index in [-0.39, 0.29) is 34.6 Å². The molecular weight excluding hydrogens is 445 g/mol. The number of carbonyl (C=O) groups excluding carboxylic acids is 1. The highest BCUT2D eigenvalue weighted by Gasteiger charge is 2.19. The molecule has 0 spiro atoms. The van der Waals surface area contributed by atoms with Gasteiger partial charge >= 0.3 is 0 Å². The predicted molar refractivity (Wildman–Crippen MR) is 125 cm³/mol. The Balaban J connectivity index is 1.51. The number of thioether (sulfide) groups is 1. The number of methoxy groups -OCH3 is 1. The number of aryl methyl sites for hydroxylation is 1. The lowest BCUT2D eigenvalue weighted by atomic mass is 10.1. The van der Waals surface area contributed by atoms with E-state index in [1.54, 1.807) is 17.6 Å². The molecule has 0 unspecified atom stereocenters. The standard InChI is InChI=1S/C23H24FN5O3S/c1-3-33-23-27-26-22-28(21(31)17-9-5-10-18(24)20(17)29(22)23)12-6-11-25-19(30)14-15-7-4-8-16(13-15)32-2/h4-5,7-10,13H,3,6,11-12,14H2,1-2H3,(H,25,30). The van der Waals surface area contributed by atoms with Crippen molar-refractivity contribution in [3.05, 3.63) is 64.2 Å². The SMILES string of the molecule is CCSc1nnc2n(CCCNC(=O)Cc3cccc(OC)c3)c(=O)c3cccc(F)c3n12. The molecule has 0 aliphatic carbocycles. The fourth-order valence-corrected chi connectivity index (χ4v) is 4.36. The summed E-state index contributed by atoms with van der Waals surface area (Å²) in [5.74, 6) is 1.10. The Morgan fingerprint density at radius 1 is 1.21 bits per heavy atom. The van der Waals surface area contributed by atoms with Crippen molar-refractivity contribution in [3.8, 4) is 5.75 Å². The molecule has 0 saturated heterocycles. The summed E-state index contributed by atoms with van der Waals surface area (Å²) in [6.45, 7) is 2.66. The molecule has 0 bridgehead atoms. The molecule has 0 aliphatic rings. The van der Waals surface area contributed by atoms with Gasteiger partial charge in [-0.2, -0.15) is 0 Å². The number of hydrogen-bond donors (Lipinski definition) is 1. The van der Waals surface area contributed by atoms with Crippen molar-refractivity contribution in [1.29, 1.82) is 0 Å². The Bertz CT molecular complexity index is 1370. The molecule has 0 fully saturated rings. The van der Waals surface area contributed by atoms with Gasteiger partial charge in [0.15, 0.2) is 5.16 Å². The maximum Gasteiger partial charge on any atom is 0.262 e. The van der Waals surface area contributed by atoms with Gasteiger partial charge < -0.3 is 10.1 Å². The van der Waals surface area contributed by atoms with E-state index in [9.17, 15) is 14.0 Å². The third-order valence-electron chi connectivity index (χ3n) is 5.20. The Morgan fingerprint density at radius 3 is 2.82 bits per heavy atom. The van der Waals surface area contributed by atoms with Crippen LogP contribution >= 0.6 is 11.8 Å². The number of carbonyl (C=O) groups is 1. The van der Waals surface area contributed by atoms with E-state index in [0.717, 1.165) is 11.3 Å². The van der Waals surface area contributed by atoms with Gasteiger partial charge in [0.05, 0.1) is 24.4 Å². The minimum absolute atomic E-state index is 0.120. The van der Waals surface area contributed by atoms with Crippen molar-refractivity contribution >= 4 is 34.3 Å². The van der Waals surface area contributed by atoms with Crippen molar-refractivity contribution in [2.45, 2.75) is 31.5 Å². The van der Waals surface area contributed by atoms with Crippen LogP contribution in [-0.4, -0.2) is 44.5 Å². The number of fused-ring (bicyclic) bond motifs is 3. The maximum atomic E-state index is 14.7. The average molecular weight is 470 g/mol. The molecule has 2 heterocycles. The topological polar surface area (TPSA) is 90.5 Å². The lowest BCUT2D eigenvalue weighted by Crippen LogP contribution is -2.29. The molecule has 4 rings (SSSR count). The van der Waals surface area contributed by atoms with Crippen molar-refractivity contribution in [2.24, 2.45) is 0 Å². The van der Waals surface area contributed by atoms with Gasteiger partial charge in [-0.1, -0.05) is 36.9 Å². The average Bonchev–Trinajstić information content (AvgIpc) is 3.22. The fourth-order valence-electron chi connectivity index (χ4n) is 3.70. The van der Waals surface area contributed by atoms with E-state index in [0.29, 0.717) is 30.4 Å². The Kier molecular flexibility index (Phi) is 6.93. The minimum Gasteiger partial charge on any atom is -0.497 e. The van der Waals surface area contributed by atoms with Crippen LogP contribution in [0.25, 0.3) is 16.7 Å². The third kappa shape index (κ3) is 4.70. The van der Waals surface area contributed by atoms with Gasteiger partial charge in [0, 0.05) is 13.1 Å². The summed E-state index contributed by atoms with van der Waals surface area (Å²) < 4.78 is 22.9. The van der Waals surface area contributed by atoms with Gasteiger partial charge in [0.2, 0.25) is 11.7 Å². The number of benzene rings is 2. The minimum atomic E-state index is -0.496. The van der Waals surface area contributed by atoms with Crippen LogP contribution in [-0.2, 0) is 17.8 Å². The number of para-hydroxylation sites is 1. The molecule has 1 amide bonds. The van der Waals surface area contributed by atoms with Gasteiger partial charge in [0.1, 0.15) is 11.6 Å². The highest BCUT2D eigenvalue weighted by Crippen LogP contribution is 2.23. The molecule has 0 radical (unpaired) electrons. The van der Waals surface area contributed by atoms with Crippen LogP contribution in [0.5, 0.6) is 5.75 Å². The van der Waals surface area contributed by atoms with E-state index >= 15 is 0 Å². The second kappa shape index (κ2) is 10.0. The number of nitrogens with one attached hydrogen (secondary N) is 1. The lowest BCUT2D eigenvalue weighted by molar-refractivity contribution is -0.120. The van der Waals surface area contributed by atoms with Gasteiger partial charge in [-0.25, -0.2) is 4.39 Å². The lowest BCUT2D eigenvalue weighted by Gasteiger charge is -2.12. The van der Waals surface area contributed by atoms with E-state index < -0.39 is 5.82 Å². The quantitative estimate of drug-likeness (QED) is 0.299. The Morgan fingerprint density at radius 2 is 2.03 bits per heavy atom. The van der Waals surface area contributed by atoms with E-state index in [4.69, 9.17) is 4.74 Å². The fraction of sp³-hybridized carbons (Fsp3) is 0.304. The van der Waals surface area contributed by atoms with Crippen LogP contribution in [0.2, 0.25) is 0 Å². The first kappa shape index (κ1) is 22.8. The molecule has 0 saturated carbocycles. The highest BCUT2D eigenvalue weighted by atomic mass is 32.2. The van der Waals surface area contributed by atoms with Gasteiger partial charge in [-0.05, 0) is 42.0 Å². The van der Waals surface area contributed by atoms with Crippen molar-refractivity contribution in [2.75, 3.05) is 19.4 Å². The van der Waals surface area contributed by atoms with Gasteiger partial charge in [0.25, 0.3) is 5.56 Å².